The number of rotatable bonds is 6. The first-order chi connectivity index (χ1) is 8.92. The van der Waals surface area contributed by atoms with Gasteiger partial charge in [0.1, 0.15) is 0 Å². The molecule has 1 aliphatic rings. The van der Waals surface area contributed by atoms with Crippen LogP contribution in [-0.4, -0.2) is 29.7 Å². The van der Waals surface area contributed by atoms with Gasteiger partial charge in [0.2, 0.25) is 0 Å². The molecule has 1 fully saturated rings. The van der Waals surface area contributed by atoms with Crippen LogP contribution in [0.15, 0.2) is 17.5 Å². The van der Waals surface area contributed by atoms with E-state index in [1.54, 1.807) is 4.90 Å². The molecule has 2 unspecified atom stereocenters. The van der Waals surface area contributed by atoms with E-state index in [2.05, 4.69) is 0 Å². The van der Waals surface area contributed by atoms with Crippen molar-refractivity contribution in [3.63, 3.8) is 0 Å². The predicted octanol–water partition coefficient (Wildman–Crippen LogP) is 3.55. The maximum Gasteiger partial charge on any atom is 0.401 e. The highest BCUT2D eigenvalue weighted by molar-refractivity contribution is 7.10. The van der Waals surface area contributed by atoms with Crippen molar-refractivity contribution in [2.75, 3.05) is 6.54 Å². The summed E-state index contributed by atoms with van der Waals surface area (Å²) in [6.45, 7) is 1.05. The number of alkyl halides is 3. The van der Waals surface area contributed by atoms with Gasteiger partial charge in [-0.05, 0) is 30.7 Å². The van der Waals surface area contributed by atoms with E-state index >= 15 is 0 Å². The second kappa shape index (κ2) is 5.81. The van der Waals surface area contributed by atoms with Gasteiger partial charge in [0.15, 0.2) is 0 Å². The van der Waals surface area contributed by atoms with E-state index in [1.165, 1.54) is 11.3 Å². The monoisotopic (exact) mass is 292 g/mol. The highest BCUT2D eigenvalue weighted by Gasteiger charge is 2.43. The number of nitrogens with two attached hydrogens (primary N) is 1. The molecule has 1 aromatic heterocycles. The van der Waals surface area contributed by atoms with Crippen molar-refractivity contribution in [3.05, 3.63) is 22.4 Å². The molecule has 1 aliphatic carbocycles. The standard InChI is InChI=1S/C13H19F3N2S/c1-2-10(17)12(11-4-3-7-19-11)18(9-5-6-9)8-13(14,15)16/h3-4,7,9-10,12H,2,5-6,8,17H2,1H3. The number of hydrogen-bond acceptors (Lipinski definition) is 3. The first-order valence-corrected chi connectivity index (χ1v) is 7.42. The third kappa shape index (κ3) is 3.94. The van der Waals surface area contributed by atoms with Crippen LogP contribution in [-0.2, 0) is 0 Å². The zero-order valence-electron chi connectivity index (χ0n) is 10.9. The van der Waals surface area contributed by atoms with E-state index in [9.17, 15) is 13.2 Å². The molecule has 0 saturated heterocycles. The molecule has 0 radical (unpaired) electrons. The third-order valence-corrected chi connectivity index (χ3v) is 4.39. The number of thiophene rings is 1. The lowest BCUT2D eigenvalue weighted by atomic mass is 10.0. The minimum atomic E-state index is -4.18. The van der Waals surface area contributed by atoms with Gasteiger partial charge in [0, 0.05) is 17.0 Å². The van der Waals surface area contributed by atoms with Gasteiger partial charge in [-0.2, -0.15) is 13.2 Å². The highest BCUT2D eigenvalue weighted by atomic mass is 32.1. The van der Waals surface area contributed by atoms with Gasteiger partial charge in [-0.1, -0.05) is 13.0 Å². The zero-order valence-corrected chi connectivity index (χ0v) is 11.7. The molecule has 2 nitrogen and oxygen atoms in total. The lowest BCUT2D eigenvalue weighted by Gasteiger charge is -2.35. The largest absolute Gasteiger partial charge is 0.401 e. The minimum absolute atomic E-state index is 0.0336. The lowest BCUT2D eigenvalue weighted by Crippen LogP contribution is -2.45. The minimum Gasteiger partial charge on any atom is -0.326 e. The van der Waals surface area contributed by atoms with Crippen LogP contribution in [0.4, 0.5) is 13.2 Å². The summed E-state index contributed by atoms with van der Waals surface area (Å²) >= 11 is 1.49. The highest BCUT2D eigenvalue weighted by Crippen LogP contribution is 2.39. The molecule has 0 aromatic carbocycles. The van der Waals surface area contributed by atoms with Crippen LogP contribution in [0.2, 0.25) is 0 Å². The van der Waals surface area contributed by atoms with Crippen molar-refractivity contribution < 1.29 is 13.2 Å². The molecule has 0 aliphatic heterocycles. The van der Waals surface area contributed by atoms with Crippen LogP contribution < -0.4 is 5.73 Å². The number of nitrogens with zero attached hydrogens (tertiary/aromatic N) is 1. The fourth-order valence-corrected chi connectivity index (χ4v) is 3.29. The van der Waals surface area contributed by atoms with Crippen LogP contribution >= 0.6 is 11.3 Å². The van der Waals surface area contributed by atoms with E-state index in [1.807, 2.05) is 24.4 Å². The summed E-state index contributed by atoms with van der Waals surface area (Å²) in [4.78, 5) is 2.49. The molecule has 0 amide bonds. The Morgan fingerprint density at radius 3 is 2.58 bits per heavy atom. The van der Waals surface area contributed by atoms with Crippen molar-refractivity contribution in [1.29, 1.82) is 0 Å². The topological polar surface area (TPSA) is 29.3 Å². The van der Waals surface area contributed by atoms with Gasteiger partial charge >= 0.3 is 6.18 Å². The molecule has 108 valence electrons. The Hall–Kier alpha value is -0.590. The van der Waals surface area contributed by atoms with Gasteiger partial charge in [-0.25, -0.2) is 0 Å². The van der Waals surface area contributed by atoms with Gasteiger partial charge < -0.3 is 5.73 Å². The van der Waals surface area contributed by atoms with Gasteiger partial charge in [0.25, 0.3) is 0 Å². The Morgan fingerprint density at radius 2 is 2.16 bits per heavy atom. The van der Waals surface area contributed by atoms with Crippen LogP contribution in [0.25, 0.3) is 0 Å². The van der Waals surface area contributed by atoms with E-state index in [0.717, 1.165) is 17.7 Å². The average molecular weight is 292 g/mol. The molecule has 2 atom stereocenters. The zero-order chi connectivity index (χ0) is 14.0. The molecule has 6 heteroatoms. The molecule has 0 spiro atoms. The van der Waals surface area contributed by atoms with Crippen molar-refractivity contribution in [3.8, 4) is 0 Å². The van der Waals surface area contributed by atoms with Gasteiger partial charge in [-0.3, -0.25) is 4.90 Å². The van der Waals surface area contributed by atoms with Crippen LogP contribution in [0.3, 0.4) is 0 Å². The van der Waals surface area contributed by atoms with E-state index in [4.69, 9.17) is 5.73 Å². The lowest BCUT2D eigenvalue weighted by molar-refractivity contribution is -0.153. The summed E-state index contributed by atoms with van der Waals surface area (Å²) < 4.78 is 38.4. The smallest absolute Gasteiger partial charge is 0.326 e. The molecule has 2 N–H and O–H groups in total. The Balaban J connectivity index is 2.23. The molecule has 0 bridgehead atoms. The van der Waals surface area contributed by atoms with Crippen molar-refractivity contribution in [2.45, 2.75) is 50.5 Å². The van der Waals surface area contributed by atoms with Crippen LogP contribution in [0.1, 0.15) is 37.1 Å². The summed E-state index contributed by atoms with van der Waals surface area (Å²) in [5.41, 5.74) is 6.09. The fraction of sp³-hybridized carbons (Fsp3) is 0.692. The summed E-state index contributed by atoms with van der Waals surface area (Å²) in [7, 11) is 0. The second-order valence-corrected chi connectivity index (χ2v) is 6.03. The Morgan fingerprint density at radius 1 is 1.47 bits per heavy atom. The molecule has 2 rings (SSSR count). The van der Waals surface area contributed by atoms with E-state index < -0.39 is 12.7 Å². The van der Waals surface area contributed by atoms with E-state index in [0.29, 0.717) is 6.42 Å². The molecule has 1 heterocycles. The van der Waals surface area contributed by atoms with Crippen molar-refractivity contribution in [1.82, 2.24) is 4.90 Å². The summed E-state index contributed by atoms with van der Waals surface area (Å²) in [6.07, 6.45) is -1.82. The molecule has 1 aromatic rings. The average Bonchev–Trinajstić information content (AvgIpc) is 3.04. The Kier molecular flexibility index (Phi) is 4.53. The maximum atomic E-state index is 12.8. The summed E-state index contributed by atoms with van der Waals surface area (Å²) in [6, 6.07) is 3.21. The van der Waals surface area contributed by atoms with Crippen LogP contribution in [0.5, 0.6) is 0 Å². The fourth-order valence-electron chi connectivity index (χ4n) is 2.37. The molecule has 19 heavy (non-hydrogen) atoms. The first-order valence-electron chi connectivity index (χ1n) is 6.54. The van der Waals surface area contributed by atoms with Crippen molar-refractivity contribution in [2.24, 2.45) is 5.73 Å². The molecular formula is C13H19F3N2S. The predicted molar refractivity (Wildman–Crippen MR) is 71.1 cm³/mol. The second-order valence-electron chi connectivity index (χ2n) is 5.05. The van der Waals surface area contributed by atoms with Crippen molar-refractivity contribution >= 4 is 11.3 Å². The quantitative estimate of drug-likeness (QED) is 0.868. The molecular weight excluding hydrogens is 273 g/mol. The number of hydrogen-bond donors (Lipinski definition) is 1. The SMILES string of the molecule is CCC(N)C(c1cccs1)N(CC(F)(F)F)C1CC1. The number of halogens is 3. The van der Waals surface area contributed by atoms with E-state index in [-0.39, 0.29) is 18.1 Å². The Labute approximate surface area is 115 Å². The third-order valence-electron chi connectivity index (χ3n) is 3.45. The Bertz CT molecular complexity index is 387. The van der Waals surface area contributed by atoms with Gasteiger partial charge in [-0.15, -0.1) is 11.3 Å². The van der Waals surface area contributed by atoms with Crippen LogP contribution in [0, 0.1) is 0 Å². The molecule has 1 saturated carbocycles. The maximum absolute atomic E-state index is 12.8. The summed E-state index contributed by atoms with van der Waals surface area (Å²) in [5.74, 6) is 0. The summed E-state index contributed by atoms with van der Waals surface area (Å²) in [5, 5.41) is 1.89. The van der Waals surface area contributed by atoms with Gasteiger partial charge in [0.05, 0.1) is 12.6 Å². The first kappa shape index (κ1) is 14.8. The normalized spacial score (nSPS) is 19.7.